The number of nitro groups is 1. The number of hydrogen-bond acceptors (Lipinski definition) is 6. The molecule has 1 heterocycles. The van der Waals surface area contributed by atoms with E-state index in [0.29, 0.717) is 39.8 Å². The molecule has 3 aromatic rings. The van der Waals surface area contributed by atoms with Gasteiger partial charge in [0.05, 0.1) is 33.1 Å². The zero-order valence-corrected chi connectivity index (χ0v) is 21.9. The highest BCUT2D eigenvalue weighted by Gasteiger charge is 2.22. The minimum Gasteiger partial charge on any atom is -0.485 e. The van der Waals surface area contributed by atoms with E-state index in [1.807, 2.05) is 33.8 Å². The van der Waals surface area contributed by atoms with Gasteiger partial charge >= 0.3 is 5.69 Å². The Morgan fingerprint density at radius 1 is 1.24 bits per heavy atom. The van der Waals surface area contributed by atoms with Crippen molar-refractivity contribution >= 4 is 54.7 Å². The highest BCUT2D eigenvalue weighted by molar-refractivity contribution is 9.10. The van der Waals surface area contributed by atoms with Gasteiger partial charge < -0.3 is 4.74 Å². The summed E-state index contributed by atoms with van der Waals surface area (Å²) in [6.45, 7) is 8.25. The van der Waals surface area contributed by atoms with Crippen molar-refractivity contribution in [1.82, 2.24) is 9.66 Å². The Morgan fingerprint density at radius 3 is 2.61 bits per heavy atom. The zero-order valence-electron chi connectivity index (χ0n) is 18.8. The van der Waals surface area contributed by atoms with Crippen LogP contribution in [0.15, 0.2) is 49.2 Å². The van der Waals surface area contributed by atoms with Crippen molar-refractivity contribution in [2.75, 3.05) is 6.61 Å². The van der Waals surface area contributed by atoms with Gasteiger partial charge in [0.25, 0.3) is 5.56 Å². The van der Waals surface area contributed by atoms with E-state index in [0.717, 1.165) is 10.9 Å². The van der Waals surface area contributed by atoms with Crippen LogP contribution >= 0.6 is 31.9 Å². The van der Waals surface area contributed by atoms with Crippen molar-refractivity contribution in [3.05, 3.63) is 71.1 Å². The molecular formula is C23H24Br2N4O4. The Labute approximate surface area is 208 Å². The van der Waals surface area contributed by atoms with Crippen LogP contribution in [0.2, 0.25) is 0 Å². The van der Waals surface area contributed by atoms with Crippen LogP contribution in [0.5, 0.6) is 5.75 Å². The first-order valence-electron chi connectivity index (χ1n) is 10.4. The van der Waals surface area contributed by atoms with Gasteiger partial charge in [-0.05, 0) is 52.0 Å². The second-order valence-corrected chi connectivity index (χ2v) is 10.5. The summed E-state index contributed by atoms with van der Waals surface area (Å²) in [4.78, 5) is 28.9. The molecule has 0 aliphatic heterocycles. The smallest absolute Gasteiger partial charge is 0.312 e. The molecule has 0 fully saturated rings. The SMILES string of the molecule is CCCc1nc2ccc(Br)cc2c(=O)n1N=Cc1cc(Br)c(OCC(C)(C)C)c([N+](=O)[O-])c1. The molecule has 10 heteroatoms. The van der Waals surface area contributed by atoms with E-state index in [-0.39, 0.29) is 22.4 Å². The highest BCUT2D eigenvalue weighted by atomic mass is 79.9. The number of fused-ring (bicyclic) bond motifs is 1. The lowest BCUT2D eigenvalue weighted by Gasteiger charge is -2.19. The van der Waals surface area contributed by atoms with Crippen molar-refractivity contribution < 1.29 is 9.66 Å². The molecule has 0 aliphatic carbocycles. The van der Waals surface area contributed by atoms with Crippen molar-refractivity contribution in [3.63, 3.8) is 0 Å². The Morgan fingerprint density at radius 2 is 1.97 bits per heavy atom. The molecule has 174 valence electrons. The van der Waals surface area contributed by atoms with E-state index in [4.69, 9.17) is 4.74 Å². The molecule has 0 saturated carbocycles. The summed E-state index contributed by atoms with van der Waals surface area (Å²) in [5.74, 6) is 0.681. The number of rotatable bonds is 7. The van der Waals surface area contributed by atoms with Gasteiger partial charge in [-0.3, -0.25) is 14.9 Å². The van der Waals surface area contributed by atoms with Crippen LogP contribution in [0.25, 0.3) is 10.9 Å². The van der Waals surface area contributed by atoms with Crippen LogP contribution in [0.3, 0.4) is 0 Å². The van der Waals surface area contributed by atoms with Crippen LogP contribution in [-0.2, 0) is 6.42 Å². The molecule has 33 heavy (non-hydrogen) atoms. The fourth-order valence-electron chi connectivity index (χ4n) is 3.06. The topological polar surface area (TPSA) is 99.6 Å². The minimum atomic E-state index is -0.496. The van der Waals surface area contributed by atoms with Gasteiger partial charge in [0.15, 0.2) is 0 Å². The number of aromatic nitrogens is 2. The molecule has 0 aliphatic rings. The number of benzene rings is 2. The molecule has 0 unspecified atom stereocenters. The molecule has 0 saturated heterocycles. The third-order valence-corrected chi connectivity index (χ3v) is 5.65. The quantitative estimate of drug-likeness (QED) is 0.191. The highest BCUT2D eigenvalue weighted by Crippen LogP contribution is 2.37. The fourth-order valence-corrected chi connectivity index (χ4v) is 4.01. The molecule has 2 aromatic carbocycles. The third kappa shape index (κ3) is 6.05. The van der Waals surface area contributed by atoms with Gasteiger partial charge in [0.2, 0.25) is 5.75 Å². The summed E-state index contributed by atoms with van der Waals surface area (Å²) in [7, 11) is 0. The molecule has 0 bridgehead atoms. The lowest BCUT2D eigenvalue weighted by molar-refractivity contribution is -0.386. The summed E-state index contributed by atoms with van der Waals surface area (Å²) in [5.41, 5.74) is 0.385. The first-order valence-corrected chi connectivity index (χ1v) is 11.9. The Hall–Kier alpha value is -2.59. The van der Waals surface area contributed by atoms with Gasteiger partial charge in [-0.25, -0.2) is 4.98 Å². The second kappa shape index (κ2) is 10.1. The molecule has 0 N–H and O–H groups in total. The molecule has 3 rings (SSSR count). The van der Waals surface area contributed by atoms with Gasteiger partial charge in [-0.1, -0.05) is 43.6 Å². The average Bonchev–Trinajstić information content (AvgIpc) is 2.72. The average molecular weight is 580 g/mol. The Bertz CT molecular complexity index is 1300. The lowest BCUT2D eigenvalue weighted by Crippen LogP contribution is -2.22. The van der Waals surface area contributed by atoms with Crippen LogP contribution in [0.4, 0.5) is 5.69 Å². The van der Waals surface area contributed by atoms with E-state index in [1.54, 1.807) is 18.2 Å². The molecule has 0 radical (unpaired) electrons. The normalized spacial score (nSPS) is 11.9. The predicted octanol–water partition coefficient (Wildman–Crippen LogP) is 6.09. The first kappa shape index (κ1) is 25.0. The van der Waals surface area contributed by atoms with E-state index in [1.165, 1.54) is 17.0 Å². The lowest BCUT2D eigenvalue weighted by atomic mass is 9.99. The minimum absolute atomic E-state index is 0.160. The molecule has 0 atom stereocenters. The van der Waals surface area contributed by atoms with E-state index >= 15 is 0 Å². The molecular weight excluding hydrogens is 556 g/mol. The fraction of sp³-hybridized carbons (Fsp3) is 0.348. The van der Waals surface area contributed by atoms with Gasteiger partial charge in [-0.15, -0.1) is 0 Å². The number of nitrogens with zero attached hydrogens (tertiary/aromatic N) is 4. The van der Waals surface area contributed by atoms with E-state index in [9.17, 15) is 14.9 Å². The standard InChI is InChI=1S/C23H24Br2N4O4/c1-5-6-20-27-18-8-7-15(24)11-16(18)22(30)28(20)26-12-14-9-17(25)21(19(10-14)29(31)32)33-13-23(2,3)4/h7-12H,5-6,13H2,1-4H3. The Kier molecular flexibility index (Phi) is 7.69. The number of nitro benzene ring substituents is 1. The van der Waals surface area contributed by atoms with Crippen molar-refractivity contribution in [2.24, 2.45) is 10.5 Å². The summed E-state index contributed by atoms with van der Waals surface area (Å²) < 4.78 is 8.19. The predicted molar refractivity (Wildman–Crippen MR) is 136 cm³/mol. The maximum absolute atomic E-state index is 13.1. The maximum atomic E-state index is 13.1. The van der Waals surface area contributed by atoms with Crippen LogP contribution < -0.4 is 10.3 Å². The van der Waals surface area contributed by atoms with Crippen molar-refractivity contribution in [2.45, 2.75) is 40.5 Å². The molecule has 0 amide bonds. The van der Waals surface area contributed by atoms with Crippen molar-refractivity contribution in [1.29, 1.82) is 0 Å². The van der Waals surface area contributed by atoms with E-state index < -0.39 is 4.92 Å². The molecule has 0 spiro atoms. The molecule has 8 nitrogen and oxygen atoms in total. The van der Waals surface area contributed by atoms with Crippen LogP contribution in [-0.4, -0.2) is 27.4 Å². The second-order valence-electron chi connectivity index (χ2n) is 8.76. The zero-order chi connectivity index (χ0) is 24.3. The number of ether oxygens (including phenoxy) is 1. The van der Waals surface area contributed by atoms with Gasteiger partial charge in [0.1, 0.15) is 5.82 Å². The summed E-state index contributed by atoms with van der Waals surface area (Å²) >= 11 is 6.76. The summed E-state index contributed by atoms with van der Waals surface area (Å²) in [6.07, 6.45) is 2.75. The number of halogens is 2. The summed E-state index contributed by atoms with van der Waals surface area (Å²) in [6, 6.07) is 8.37. The third-order valence-electron chi connectivity index (χ3n) is 4.56. The monoisotopic (exact) mass is 578 g/mol. The largest absolute Gasteiger partial charge is 0.485 e. The van der Waals surface area contributed by atoms with Crippen LogP contribution in [0.1, 0.15) is 45.5 Å². The van der Waals surface area contributed by atoms with Gasteiger partial charge in [-0.2, -0.15) is 9.78 Å². The summed E-state index contributed by atoms with van der Waals surface area (Å²) in [5, 5.41) is 16.5. The van der Waals surface area contributed by atoms with Crippen molar-refractivity contribution in [3.8, 4) is 5.75 Å². The molecule has 1 aromatic heterocycles. The number of hydrogen-bond donors (Lipinski definition) is 0. The first-order chi connectivity index (χ1) is 15.5. The van der Waals surface area contributed by atoms with E-state index in [2.05, 4.69) is 41.9 Å². The van der Waals surface area contributed by atoms with Crippen LogP contribution in [0, 0.1) is 15.5 Å². The maximum Gasteiger partial charge on any atom is 0.312 e. The Balaban J connectivity index is 2.07. The number of aryl methyl sites for hydroxylation is 1. The van der Waals surface area contributed by atoms with Gasteiger partial charge in [0, 0.05) is 22.5 Å².